The molecule has 3 atom stereocenters. The van der Waals surface area contributed by atoms with Crippen molar-refractivity contribution in [3.8, 4) is 11.5 Å². The molecule has 0 aliphatic heterocycles. The van der Waals surface area contributed by atoms with E-state index in [9.17, 15) is 9.59 Å². The number of amides is 2. The van der Waals surface area contributed by atoms with Gasteiger partial charge >= 0.3 is 0 Å². The van der Waals surface area contributed by atoms with Crippen LogP contribution in [0, 0.1) is 5.92 Å². The number of methoxy groups -OCH3 is 1. The van der Waals surface area contributed by atoms with E-state index in [-0.39, 0.29) is 29.8 Å². The standard InChI is InChI=1S/C25H29N3O4/c1-16(15-31-3)26-23(29)19-12-13-20(14-19)28(2)25(30)18-10-8-17(9-11-18)24-27-21-6-4-5-7-22(21)32-24/h4-11,16,19-20H,12-15H2,1-3H3,(H,26,29)/t16-,19+,20+/m0/s1. The topological polar surface area (TPSA) is 84.7 Å². The molecule has 1 aliphatic rings. The van der Waals surface area contributed by atoms with Crippen LogP contribution in [0.3, 0.4) is 0 Å². The van der Waals surface area contributed by atoms with Gasteiger partial charge in [0.25, 0.3) is 5.91 Å². The number of fused-ring (bicyclic) bond motifs is 1. The van der Waals surface area contributed by atoms with Gasteiger partial charge in [0.1, 0.15) is 5.52 Å². The molecule has 7 nitrogen and oxygen atoms in total. The normalized spacial score (nSPS) is 19.1. The minimum atomic E-state index is -0.0731. The molecule has 2 amide bonds. The molecular formula is C25H29N3O4. The second-order valence-electron chi connectivity index (χ2n) is 8.51. The third kappa shape index (κ3) is 4.67. The van der Waals surface area contributed by atoms with Crippen LogP contribution in [0.25, 0.3) is 22.6 Å². The van der Waals surface area contributed by atoms with Crippen LogP contribution in [-0.4, -0.2) is 54.5 Å². The monoisotopic (exact) mass is 435 g/mol. The molecule has 0 radical (unpaired) electrons. The number of carbonyl (C=O) groups excluding carboxylic acids is 2. The zero-order chi connectivity index (χ0) is 22.7. The maximum Gasteiger partial charge on any atom is 0.253 e. The quantitative estimate of drug-likeness (QED) is 0.609. The van der Waals surface area contributed by atoms with Gasteiger partial charge in [-0.1, -0.05) is 12.1 Å². The van der Waals surface area contributed by atoms with Crippen molar-refractivity contribution in [2.45, 2.75) is 38.3 Å². The molecule has 0 unspecified atom stereocenters. The van der Waals surface area contributed by atoms with E-state index >= 15 is 0 Å². The van der Waals surface area contributed by atoms with Crippen LogP contribution in [0.4, 0.5) is 0 Å². The lowest BCUT2D eigenvalue weighted by atomic mass is 10.1. The molecule has 1 saturated carbocycles. The summed E-state index contributed by atoms with van der Waals surface area (Å²) >= 11 is 0. The first-order valence-corrected chi connectivity index (χ1v) is 11.0. The molecule has 0 bridgehead atoms. The number of carbonyl (C=O) groups is 2. The van der Waals surface area contributed by atoms with E-state index in [4.69, 9.17) is 9.15 Å². The molecular weight excluding hydrogens is 406 g/mol. The van der Waals surface area contributed by atoms with Gasteiger partial charge in [-0.05, 0) is 62.6 Å². The third-order valence-corrected chi connectivity index (χ3v) is 6.12. The average Bonchev–Trinajstić information content (AvgIpc) is 3.46. The van der Waals surface area contributed by atoms with Gasteiger partial charge in [0.15, 0.2) is 5.58 Å². The SMILES string of the molecule is COC[C@H](C)NC(=O)[C@@H]1CC[C@@H](N(C)C(=O)c2ccc(-c3nc4ccccc4o3)cc2)C1. The summed E-state index contributed by atoms with van der Waals surface area (Å²) in [6, 6.07) is 15.0. The van der Waals surface area contributed by atoms with Crippen molar-refractivity contribution in [3.63, 3.8) is 0 Å². The van der Waals surface area contributed by atoms with Crippen molar-refractivity contribution in [1.82, 2.24) is 15.2 Å². The number of nitrogens with one attached hydrogen (secondary N) is 1. The average molecular weight is 436 g/mol. The first-order valence-electron chi connectivity index (χ1n) is 11.0. The Bertz CT molecular complexity index is 1060. The molecule has 3 aromatic rings. The van der Waals surface area contributed by atoms with Crippen molar-refractivity contribution < 1.29 is 18.7 Å². The van der Waals surface area contributed by atoms with Gasteiger partial charge in [0, 0.05) is 43.3 Å². The molecule has 0 spiro atoms. The predicted molar refractivity (Wildman–Crippen MR) is 122 cm³/mol. The maximum atomic E-state index is 13.0. The van der Waals surface area contributed by atoms with Crippen molar-refractivity contribution in [1.29, 1.82) is 0 Å². The molecule has 32 heavy (non-hydrogen) atoms. The van der Waals surface area contributed by atoms with Crippen molar-refractivity contribution in [3.05, 3.63) is 54.1 Å². The zero-order valence-electron chi connectivity index (χ0n) is 18.7. The number of oxazole rings is 1. The largest absolute Gasteiger partial charge is 0.436 e. The van der Waals surface area contributed by atoms with E-state index in [1.807, 2.05) is 50.4 Å². The lowest BCUT2D eigenvalue weighted by Crippen LogP contribution is -2.40. The fourth-order valence-electron chi connectivity index (χ4n) is 4.32. The fourth-order valence-corrected chi connectivity index (χ4v) is 4.32. The molecule has 4 rings (SSSR count). The van der Waals surface area contributed by atoms with Crippen LogP contribution in [0.2, 0.25) is 0 Å². The Hall–Kier alpha value is -3.19. The molecule has 168 valence electrons. The van der Waals surface area contributed by atoms with Gasteiger partial charge in [-0.3, -0.25) is 9.59 Å². The molecule has 1 N–H and O–H groups in total. The highest BCUT2D eigenvalue weighted by atomic mass is 16.5. The molecule has 2 aromatic carbocycles. The number of aromatic nitrogens is 1. The molecule has 1 heterocycles. The number of hydrogen-bond acceptors (Lipinski definition) is 5. The Morgan fingerprint density at radius 3 is 2.66 bits per heavy atom. The zero-order valence-corrected chi connectivity index (χ0v) is 18.7. The van der Waals surface area contributed by atoms with Gasteiger partial charge in [-0.2, -0.15) is 0 Å². The summed E-state index contributed by atoms with van der Waals surface area (Å²) in [7, 11) is 3.43. The lowest BCUT2D eigenvalue weighted by Gasteiger charge is -2.25. The summed E-state index contributed by atoms with van der Waals surface area (Å²) < 4.78 is 10.9. The van der Waals surface area contributed by atoms with Crippen molar-refractivity contribution in [2.24, 2.45) is 5.92 Å². The second kappa shape index (κ2) is 9.53. The van der Waals surface area contributed by atoms with Crippen LogP contribution in [0.5, 0.6) is 0 Å². The van der Waals surface area contributed by atoms with Crippen LogP contribution in [0.15, 0.2) is 52.9 Å². The Labute approximate surface area is 187 Å². The second-order valence-corrected chi connectivity index (χ2v) is 8.51. The van der Waals surface area contributed by atoms with Crippen LogP contribution < -0.4 is 5.32 Å². The summed E-state index contributed by atoms with van der Waals surface area (Å²) in [5.74, 6) is 0.454. The fraction of sp³-hybridized carbons (Fsp3) is 0.400. The van der Waals surface area contributed by atoms with E-state index < -0.39 is 0 Å². The van der Waals surface area contributed by atoms with Crippen LogP contribution in [0.1, 0.15) is 36.5 Å². The third-order valence-electron chi connectivity index (χ3n) is 6.12. The number of ether oxygens (including phenoxy) is 1. The Morgan fingerprint density at radius 1 is 1.19 bits per heavy atom. The van der Waals surface area contributed by atoms with E-state index in [1.54, 1.807) is 24.1 Å². The number of benzene rings is 2. The number of hydrogen-bond donors (Lipinski definition) is 1. The molecule has 1 aromatic heterocycles. The summed E-state index contributed by atoms with van der Waals surface area (Å²) in [5, 5.41) is 2.99. The van der Waals surface area contributed by atoms with E-state index in [1.165, 1.54) is 0 Å². The Balaban J connectivity index is 1.38. The van der Waals surface area contributed by atoms with Gasteiger partial charge in [-0.15, -0.1) is 0 Å². The summed E-state index contributed by atoms with van der Waals surface area (Å²) in [5.41, 5.74) is 2.97. The molecule has 1 aliphatic carbocycles. The molecule has 1 fully saturated rings. The first-order chi connectivity index (χ1) is 15.5. The minimum absolute atomic E-state index is 0.0225. The summed E-state index contributed by atoms with van der Waals surface area (Å²) in [6.07, 6.45) is 2.28. The highest BCUT2D eigenvalue weighted by Gasteiger charge is 2.34. The number of rotatable bonds is 7. The number of nitrogens with zero attached hydrogens (tertiary/aromatic N) is 2. The van der Waals surface area contributed by atoms with E-state index in [0.29, 0.717) is 24.5 Å². The minimum Gasteiger partial charge on any atom is -0.436 e. The summed E-state index contributed by atoms with van der Waals surface area (Å²) in [6.45, 7) is 2.41. The number of para-hydroxylation sites is 2. The highest BCUT2D eigenvalue weighted by Crippen LogP contribution is 2.30. The molecule has 0 saturated heterocycles. The van der Waals surface area contributed by atoms with Crippen molar-refractivity contribution >= 4 is 22.9 Å². The lowest BCUT2D eigenvalue weighted by molar-refractivity contribution is -0.125. The van der Waals surface area contributed by atoms with E-state index in [2.05, 4.69) is 10.3 Å². The van der Waals surface area contributed by atoms with E-state index in [0.717, 1.165) is 29.5 Å². The van der Waals surface area contributed by atoms with Crippen molar-refractivity contribution in [2.75, 3.05) is 20.8 Å². The maximum absolute atomic E-state index is 13.0. The van der Waals surface area contributed by atoms with Gasteiger partial charge in [0.05, 0.1) is 6.61 Å². The molecule has 7 heteroatoms. The van der Waals surface area contributed by atoms with Gasteiger partial charge < -0.3 is 19.4 Å². The van der Waals surface area contributed by atoms with Gasteiger partial charge in [-0.25, -0.2) is 4.98 Å². The van der Waals surface area contributed by atoms with Crippen LogP contribution in [-0.2, 0) is 9.53 Å². The Morgan fingerprint density at radius 2 is 1.94 bits per heavy atom. The highest BCUT2D eigenvalue weighted by molar-refractivity contribution is 5.95. The smallest absolute Gasteiger partial charge is 0.253 e. The summed E-state index contributed by atoms with van der Waals surface area (Å²) in [4.78, 5) is 31.8. The van der Waals surface area contributed by atoms with Gasteiger partial charge in [0.2, 0.25) is 11.8 Å². The van der Waals surface area contributed by atoms with Crippen LogP contribution >= 0.6 is 0 Å². The first kappa shape index (κ1) is 22.0. The predicted octanol–water partition coefficient (Wildman–Crippen LogP) is 3.89. The Kier molecular flexibility index (Phi) is 6.55.